The number of nitrogens with zero attached hydrogens (tertiary/aromatic N) is 3. The molecule has 0 saturated carbocycles. The van der Waals surface area contributed by atoms with Crippen LogP contribution < -0.4 is 15.8 Å². The third-order valence-corrected chi connectivity index (χ3v) is 3.05. The zero-order valence-electron chi connectivity index (χ0n) is 12.3. The van der Waals surface area contributed by atoms with E-state index in [0.717, 1.165) is 13.0 Å². The Kier molecular flexibility index (Phi) is 5.37. The van der Waals surface area contributed by atoms with E-state index in [1.54, 1.807) is 0 Å². The van der Waals surface area contributed by atoms with Crippen LogP contribution in [0.3, 0.4) is 0 Å². The molecule has 0 radical (unpaired) electrons. The standard InChI is InChI=1S/C13H19N5O4/c1-21-7-8-22-13(19)16-11-9-10(15-12(14)18(11)20)17-5-3-2-4-6-17/h2-3,9,14,20H,4-8H2,1H3,(H,16,19). The summed E-state index contributed by atoms with van der Waals surface area (Å²) in [5, 5.41) is 19.8. The van der Waals surface area contributed by atoms with Crippen molar-refractivity contribution < 1.29 is 19.5 Å². The van der Waals surface area contributed by atoms with Gasteiger partial charge in [-0.2, -0.15) is 4.98 Å². The molecule has 1 aromatic rings. The molecule has 1 aliphatic heterocycles. The Balaban J connectivity index is 2.12. The number of amides is 1. The first-order valence-electron chi connectivity index (χ1n) is 6.82. The van der Waals surface area contributed by atoms with E-state index in [1.807, 2.05) is 11.0 Å². The molecule has 0 fully saturated rings. The second kappa shape index (κ2) is 7.46. The summed E-state index contributed by atoms with van der Waals surface area (Å²) in [6.45, 7) is 1.80. The van der Waals surface area contributed by atoms with Crippen molar-refractivity contribution in [3.63, 3.8) is 0 Å². The van der Waals surface area contributed by atoms with Crippen LogP contribution in [0.15, 0.2) is 18.2 Å². The van der Waals surface area contributed by atoms with Crippen molar-refractivity contribution >= 4 is 17.7 Å². The lowest BCUT2D eigenvalue weighted by atomic mass is 10.2. The Morgan fingerprint density at radius 3 is 3.00 bits per heavy atom. The second-order valence-corrected chi connectivity index (χ2v) is 4.59. The normalized spacial score (nSPS) is 14.0. The van der Waals surface area contributed by atoms with Crippen molar-refractivity contribution in [2.24, 2.45) is 0 Å². The number of hydrogen-bond donors (Lipinski definition) is 3. The third-order valence-electron chi connectivity index (χ3n) is 3.05. The number of hydrogen-bond acceptors (Lipinski definition) is 7. The van der Waals surface area contributed by atoms with Gasteiger partial charge in [0.15, 0.2) is 5.82 Å². The quantitative estimate of drug-likeness (QED) is 0.416. The van der Waals surface area contributed by atoms with E-state index in [0.29, 0.717) is 17.1 Å². The molecule has 0 aromatic carbocycles. The topological polar surface area (TPSA) is 113 Å². The van der Waals surface area contributed by atoms with Gasteiger partial charge in [-0.25, -0.2) is 4.79 Å². The average Bonchev–Trinajstić information content (AvgIpc) is 2.52. The summed E-state index contributed by atoms with van der Waals surface area (Å²) in [4.78, 5) is 17.6. The van der Waals surface area contributed by atoms with Gasteiger partial charge in [0.25, 0.3) is 5.62 Å². The maximum Gasteiger partial charge on any atom is 0.412 e. The lowest BCUT2D eigenvalue weighted by molar-refractivity contribution is 0.106. The molecule has 0 unspecified atom stereocenters. The van der Waals surface area contributed by atoms with Crippen molar-refractivity contribution in [2.75, 3.05) is 43.6 Å². The van der Waals surface area contributed by atoms with Gasteiger partial charge in [0.2, 0.25) is 0 Å². The Hall–Kier alpha value is -2.55. The van der Waals surface area contributed by atoms with Crippen LogP contribution in [0.1, 0.15) is 6.42 Å². The lowest BCUT2D eigenvalue weighted by Crippen LogP contribution is -2.33. The number of ether oxygens (including phenoxy) is 2. The zero-order chi connectivity index (χ0) is 15.9. The molecule has 0 saturated heterocycles. The Labute approximate surface area is 127 Å². The molecule has 0 aliphatic carbocycles. The summed E-state index contributed by atoms with van der Waals surface area (Å²) in [5.41, 5.74) is -0.376. The predicted molar refractivity (Wildman–Crippen MR) is 78.1 cm³/mol. The summed E-state index contributed by atoms with van der Waals surface area (Å²) in [6, 6.07) is 1.49. The number of rotatable bonds is 5. The summed E-state index contributed by atoms with van der Waals surface area (Å²) >= 11 is 0. The van der Waals surface area contributed by atoms with Crippen LogP contribution >= 0.6 is 0 Å². The molecule has 1 aliphatic rings. The summed E-state index contributed by atoms with van der Waals surface area (Å²) < 4.78 is 10.1. The monoisotopic (exact) mass is 309 g/mol. The minimum absolute atomic E-state index is 0.0203. The van der Waals surface area contributed by atoms with E-state index in [-0.39, 0.29) is 24.6 Å². The number of carbonyl (C=O) groups excluding carboxylic acids is 1. The molecular weight excluding hydrogens is 290 g/mol. The highest BCUT2D eigenvalue weighted by atomic mass is 16.6. The van der Waals surface area contributed by atoms with E-state index < -0.39 is 6.09 Å². The Morgan fingerprint density at radius 1 is 1.50 bits per heavy atom. The van der Waals surface area contributed by atoms with Crippen molar-refractivity contribution in [1.29, 1.82) is 5.41 Å². The zero-order valence-corrected chi connectivity index (χ0v) is 12.3. The SMILES string of the molecule is COCCOC(=O)Nc1cc(N2CC=CCC2)nc(=N)n1O. The maximum atomic E-state index is 11.6. The summed E-state index contributed by atoms with van der Waals surface area (Å²) in [5.74, 6) is 0.527. The highest BCUT2D eigenvalue weighted by Crippen LogP contribution is 2.16. The van der Waals surface area contributed by atoms with E-state index in [4.69, 9.17) is 14.9 Å². The summed E-state index contributed by atoms with van der Waals surface area (Å²) in [7, 11) is 1.50. The molecule has 22 heavy (non-hydrogen) atoms. The molecular formula is C13H19N5O4. The van der Waals surface area contributed by atoms with Gasteiger partial charge in [-0.3, -0.25) is 10.7 Å². The van der Waals surface area contributed by atoms with Crippen molar-refractivity contribution in [3.05, 3.63) is 23.8 Å². The molecule has 0 bridgehead atoms. The minimum atomic E-state index is -0.741. The molecule has 3 N–H and O–H groups in total. The average molecular weight is 309 g/mol. The van der Waals surface area contributed by atoms with Crippen LogP contribution in [-0.2, 0) is 9.47 Å². The fourth-order valence-electron chi connectivity index (χ4n) is 1.94. The molecule has 9 nitrogen and oxygen atoms in total. The molecule has 1 aromatic heterocycles. The third kappa shape index (κ3) is 3.98. The summed E-state index contributed by atoms with van der Waals surface area (Å²) in [6.07, 6.45) is 4.21. The predicted octanol–water partition coefficient (Wildman–Crippen LogP) is 0.561. The van der Waals surface area contributed by atoms with Gasteiger partial charge in [0, 0.05) is 26.3 Å². The Morgan fingerprint density at radius 2 is 2.32 bits per heavy atom. The van der Waals surface area contributed by atoms with E-state index in [1.165, 1.54) is 13.2 Å². The van der Waals surface area contributed by atoms with Crippen LogP contribution in [0.2, 0.25) is 0 Å². The first-order chi connectivity index (χ1) is 10.6. The minimum Gasteiger partial charge on any atom is -0.447 e. The van der Waals surface area contributed by atoms with Crippen molar-refractivity contribution in [3.8, 4) is 0 Å². The lowest BCUT2D eigenvalue weighted by Gasteiger charge is -2.25. The van der Waals surface area contributed by atoms with Gasteiger partial charge in [-0.05, 0) is 6.42 Å². The maximum absolute atomic E-state index is 11.6. The van der Waals surface area contributed by atoms with Crippen LogP contribution in [0, 0.1) is 5.41 Å². The van der Waals surface area contributed by atoms with Crippen molar-refractivity contribution in [2.45, 2.75) is 6.42 Å². The van der Waals surface area contributed by atoms with E-state index in [2.05, 4.69) is 16.4 Å². The Bertz CT molecular complexity index is 613. The van der Waals surface area contributed by atoms with Crippen LogP contribution in [0.5, 0.6) is 0 Å². The molecule has 2 heterocycles. The van der Waals surface area contributed by atoms with Gasteiger partial charge in [-0.15, -0.1) is 4.73 Å². The van der Waals surface area contributed by atoms with E-state index >= 15 is 0 Å². The number of aromatic nitrogens is 2. The fourth-order valence-corrected chi connectivity index (χ4v) is 1.94. The molecule has 2 rings (SSSR count). The molecule has 120 valence electrons. The molecule has 1 amide bonds. The van der Waals surface area contributed by atoms with Crippen LogP contribution in [0.4, 0.5) is 16.4 Å². The first-order valence-corrected chi connectivity index (χ1v) is 6.82. The molecule has 0 atom stereocenters. The fraction of sp³-hybridized carbons (Fsp3) is 0.462. The highest BCUT2D eigenvalue weighted by Gasteiger charge is 2.14. The van der Waals surface area contributed by atoms with Gasteiger partial charge in [0.1, 0.15) is 12.4 Å². The second-order valence-electron chi connectivity index (χ2n) is 4.59. The molecule has 9 heteroatoms. The smallest absolute Gasteiger partial charge is 0.412 e. The van der Waals surface area contributed by atoms with Gasteiger partial charge < -0.3 is 19.6 Å². The number of anilines is 2. The first kappa shape index (κ1) is 15.8. The number of carbonyl (C=O) groups is 1. The van der Waals surface area contributed by atoms with Gasteiger partial charge in [-0.1, -0.05) is 12.2 Å². The highest BCUT2D eigenvalue weighted by molar-refractivity contribution is 5.83. The van der Waals surface area contributed by atoms with Crippen LogP contribution in [-0.4, -0.2) is 54.4 Å². The van der Waals surface area contributed by atoms with Crippen LogP contribution in [0.25, 0.3) is 0 Å². The van der Waals surface area contributed by atoms with Gasteiger partial charge in [0.05, 0.1) is 6.61 Å². The van der Waals surface area contributed by atoms with Gasteiger partial charge >= 0.3 is 6.09 Å². The van der Waals surface area contributed by atoms with E-state index in [9.17, 15) is 10.0 Å². The largest absolute Gasteiger partial charge is 0.447 e. The number of methoxy groups -OCH3 is 1. The molecule has 0 spiro atoms. The van der Waals surface area contributed by atoms with Crippen molar-refractivity contribution in [1.82, 2.24) is 9.71 Å². The number of nitrogens with one attached hydrogen (secondary N) is 2.